The van der Waals surface area contributed by atoms with Crippen molar-refractivity contribution in [3.8, 4) is 0 Å². The van der Waals surface area contributed by atoms with Crippen LogP contribution >= 0.6 is 0 Å². The molecule has 1 aliphatic carbocycles. The van der Waals surface area contributed by atoms with Crippen LogP contribution in [0.5, 0.6) is 0 Å². The standard InChI is InChI=1S/C25H22N4O2/c1-28(17-7-5-4-6-8-17)18-9-10-20-23(15-18)27-29(2)24(20)16-13-21-19(25(30)31-3)11-12-26-22(21)14-16/h4-12,14-15H,13H2,1-3H3. The number of fused-ring (bicyclic) bond motifs is 2. The Morgan fingerprint density at radius 2 is 1.90 bits per heavy atom. The molecule has 6 nitrogen and oxygen atoms in total. The van der Waals surface area contributed by atoms with E-state index in [-0.39, 0.29) is 5.97 Å². The Hall–Kier alpha value is -3.93. The maximum Gasteiger partial charge on any atom is 0.338 e. The fraction of sp³-hybridized carbons (Fsp3) is 0.160. The number of hydrogen-bond acceptors (Lipinski definition) is 5. The van der Waals surface area contributed by atoms with Crippen molar-refractivity contribution in [1.82, 2.24) is 14.8 Å². The summed E-state index contributed by atoms with van der Waals surface area (Å²) in [5.74, 6) is -0.336. The van der Waals surface area contributed by atoms with E-state index in [4.69, 9.17) is 9.84 Å². The maximum absolute atomic E-state index is 12.2. The van der Waals surface area contributed by atoms with Crippen molar-refractivity contribution in [2.24, 2.45) is 7.05 Å². The molecule has 0 fully saturated rings. The number of allylic oxidation sites excluding steroid dienone is 1. The zero-order valence-corrected chi connectivity index (χ0v) is 17.7. The van der Waals surface area contributed by atoms with Crippen molar-refractivity contribution in [3.05, 3.63) is 83.3 Å². The molecule has 5 rings (SSSR count). The van der Waals surface area contributed by atoms with Gasteiger partial charge in [-0.25, -0.2) is 4.79 Å². The fourth-order valence-electron chi connectivity index (χ4n) is 4.26. The number of aromatic nitrogens is 3. The summed E-state index contributed by atoms with van der Waals surface area (Å²) >= 11 is 0. The Morgan fingerprint density at radius 1 is 1.10 bits per heavy atom. The maximum atomic E-state index is 12.2. The molecule has 31 heavy (non-hydrogen) atoms. The van der Waals surface area contributed by atoms with Crippen LogP contribution in [0.3, 0.4) is 0 Å². The number of benzene rings is 2. The third kappa shape index (κ3) is 3.17. The number of methoxy groups -OCH3 is 1. The van der Waals surface area contributed by atoms with E-state index in [9.17, 15) is 4.79 Å². The molecule has 2 aromatic heterocycles. The summed E-state index contributed by atoms with van der Waals surface area (Å²) < 4.78 is 6.85. The van der Waals surface area contributed by atoms with Gasteiger partial charge in [0.05, 0.1) is 29.6 Å². The second-order valence-electron chi connectivity index (χ2n) is 7.63. The van der Waals surface area contributed by atoms with Crippen LogP contribution in [0.1, 0.15) is 27.3 Å². The minimum absolute atomic E-state index is 0.336. The Balaban J connectivity index is 1.53. The van der Waals surface area contributed by atoms with Crippen LogP contribution in [0.4, 0.5) is 11.4 Å². The van der Waals surface area contributed by atoms with E-state index in [0.717, 1.165) is 44.8 Å². The summed E-state index contributed by atoms with van der Waals surface area (Å²) in [5.41, 5.74) is 7.53. The lowest BCUT2D eigenvalue weighted by atomic mass is 10.0. The van der Waals surface area contributed by atoms with Gasteiger partial charge in [-0.3, -0.25) is 9.67 Å². The third-order valence-corrected chi connectivity index (χ3v) is 5.83. The van der Waals surface area contributed by atoms with Gasteiger partial charge in [-0.05, 0) is 53.6 Å². The van der Waals surface area contributed by atoms with Gasteiger partial charge >= 0.3 is 5.97 Å². The molecule has 0 aliphatic heterocycles. The number of anilines is 2. The molecule has 4 aromatic rings. The number of esters is 1. The molecular formula is C25H22N4O2. The molecule has 0 N–H and O–H groups in total. The molecule has 0 spiro atoms. The lowest BCUT2D eigenvalue weighted by Gasteiger charge is -2.19. The van der Waals surface area contributed by atoms with E-state index >= 15 is 0 Å². The summed E-state index contributed by atoms with van der Waals surface area (Å²) in [6.45, 7) is 0. The number of carbonyl (C=O) groups is 1. The predicted molar refractivity (Wildman–Crippen MR) is 122 cm³/mol. The second kappa shape index (κ2) is 7.40. The first-order valence-corrected chi connectivity index (χ1v) is 10.1. The smallest absolute Gasteiger partial charge is 0.338 e. The first kappa shape index (κ1) is 19.1. The van der Waals surface area contributed by atoms with Gasteiger partial charge in [-0.2, -0.15) is 5.10 Å². The number of hydrogen-bond donors (Lipinski definition) is 0. The number of carbonyl (C=O) groups excluding carboxylic acids is 1. The quantitative estimate of drug-likeness (QED) is 0.460. The van der Waals surface area contributed by atoms with Crippen molar-refractivity contribution >= 4 is 39.9 Å². The summed E-state index contributed by atoms with van der Waals surface area (Å²) in [4.78, 5) is 18.8. The molecule has 1 aliphatic rings. The first-order valence-electron chi connectivity index (χ1n) is 10.1. The topological polar surface area (TPSA) is 60.2 Å². The highest BCUT2D eigenvalue weighted by molar-refractivity contribution is 6.01. The Labute approximate surface area is 180 Å². The van der Waals surface area contributed by atoms with Crippen LogP contribution in [0, 0.1) is 0 Å². The Morgan fingerprint density at radius 3 is 2.68 bits per heavy atom. The predicted octanol–water partition coefficient (Wildman–Crippen LogP) is 4.62. The molecular weight excluding hydrogens is 388 g/mol. The first-order chi connectivity index (χ1) is 15.1. The number of nitrogens with zero attached hydrogens (tertiary/aromatic N) is 4. The zero-order chi connectivity index (χ0) is 21.5. The van der Waals surface area contributed by atoms with Gasteiger partial charge < -0.3 is 9.64 Å². The molecule has 0 atom stereocenters. The molecule has 0 radical (unpaired) electrons. The van der Waals surface area contributed by atoms with E-state index in [1.165, 1.54) is 7.11 Å². The van der Waals surface area contributed by atoms with Gasteiger partial charge in [0.2, 0.25) is 0 Å². The fourth-order valence-corrected chi connectivity index (χ4v) is 4.26. The van der Waals surface area contributed by atoms with E-state index in [2.05, 4.69) is 47.3 Å². The molecule has 2 heterocycles. The number of rotatable bonds is 4. The SMILES string of the molecule is COC(=O)c1ccnc2c1CC(c1c3ccc(N(C)c4ccccc4)cc3nn1C)=C2. The van der Waals surface area contributed by atoms with E-state index in [0.29, 0.717) is 12.0 Å². The number of para-hydroxylation sites is 1. The summed E-state index contributed by atoms with van der Waals surface area (Å²) in [5, 5.41) is 5.84. The number of pyridine rings is 1. The minimum atomic E-state index is -0.336. The summed E-state index contributed by atoms with van der Waals surface area (Å²) in [6, 6.07) is 18.3. The van der Waals surface area contributed by atoms with Crippen LogP contribution < -0.4 is 4.90 Å². The average molecular weight is 410 g/mol. The van der Waals surface area contributed by atoms with Crippen molar-refractivity contribution in [2.75, 3.05) is 19.1 Å². The highest BCUT2D eigenvalue weighted by Gasteiger charge is 2.25. The minimum Gasteiger partial charge on any atom is -0.465 e. The van der Waals surface area contributed by atoms with Crippen LogP contribution in [-0.2, 0) is 18.2 Å². The highest BCUT2D eigenvalue weighted by atomic mass is 16.5. The van der Waals surface area contributed by atoms with Gasteiger partial charge in [-0.1, -0.05) is 18.2 Å². The van der Waals surface area contributed by atoms with Gasteiger partial charge in [0.15, 0.2) is 0 Å². The second-order valence-corrected chi connectivity index (χ2v) is 7.63. The highest BCUT2D eigenvalue weighted by Crippen LogP contribution is 2.37. The molecule has 0 bridgehead atoms. The van der Waals surface area contributed by atoms with Crippen molar-refractivity contribution in [1.29, 1.82) is 0 Å². The van der Waals surface area contributed by atoms with Crippen molar-refractivity contribution < 1.29 is 9.53 Å². The summed E-state index contributed by atoms with van der Waals surface area (Å²) in [7, 11) is 5.40. The largest absolute Gasteiger partial charge is 0.465 e. The van der Waals surface area contributed by atoms with Gasteiger partial charge in [-0.15, -0.1) is 0 Å². The summed E-state index contributed by atoms with van der Waals surface area (Å²) in [6.07, 6.45) is 4.31. The molecule has 6 heteroatoms. The lowest BCUT2D eigenvalue weighted by Crippen LogP contribution is -2.08. The van der Waals surface area contributed by atoms with Crippen LogP contribution in [0.2, 0.25) is 0 Å². The van der Waals surface area contributed by atoms with E-state index in [1.54, 1.807) is 12.3 Å². The molecule has 0 saturated heterocycles. The molecule has 0 unspecified atom stereocenters. The third-order valence-electron chi connectivity index (χ3n) is 5.83. The average Bonchev–Trinajstić information content (AvgIpc) is 3.37. The molecule has 2 aromatic carbocycles. The molecule has 0 amide bonds. The molecule has 0 saturated carbocycles. The van der Waals surface area contributed by atoms with E-state index < -0.39 is 0 Å². The van der Waals surface area contributed by atoms with Gasteiger partial charge in [0.25, 0.3) is 0 Å². The van der Waals surface area contributed by atoms with Crippen LogP contribution in [-0.4, -0.2) is 34.9 Å². The monoisotopic (exact) mass is 410 g/mol. The number of aryl methyl sites for hydroxylation is 1. The van der Waals surface area contributed by atoms with E-state index in [1.807, 2.05) is 36.0 Å². The zero-order valence-electron chi connectivity index (χ0n) is 17.7. The van der Waals surface area contributed by atoms with Gasteiger partial charge in [0, 0.05) is 43.5 Å². The number of ether oxygens (including phenoxy) is 1. The normalized spacial score (nSPS) is 12.5. The van der Waals surface area contributed by atoms with Crippen LogP contribution in [0.15, 0.2) is 60.8 Å². The van der Waals surface area contributed by atoms with Crippen molar-refractivity contribution in [2.45, 2.75) is 6.42 Å². The molecule has 154 valence electrons. The van der Waals surface area contributed by atoms with Crippen LogP contribution in [0.25, 0.3) is 22.6 Å². The lowest BCUT2D eigenvalue weighted by molar-refractivity contribution is 0.0599. The van der Waals surface area contributed by atoms with Gasteiger partial charge in [0.1, 0.15) is 0 Å². The van der Waals surface area contributed by atoms with Crippen molar-refractivity contribution in [3.63, 3.8) is 0 Å². The Kier molecular flexibility index (Phi) is 4.55. The Bertz CT molecular complexity index is 1340.